The van der Waals surface area contributed by atoms with Crippen molar-refractivity contribution in [1.29, 1.82) is 0 Å². The number of nitrogens with zero attached hydrogens (tertiary/aromatic N) is 2. The number of aromatic nitrogens is 2. The van der Waals surface area contributed by atoms with Gasteiger partial charge >= 0.3 is 5.97 Å². The number of hydrogen-bond acceptors (Lipinski definition) is 3. The van der Waals surface area contributed by atoms with Crippen LogP contribution in [-0.2, 0) is 22.5 Å². The molecule has 0 atom stereocenters. The molecule has 0 saturated carbocycles. The first kappa shape index (κ1) is 9.73. The molecule has 1 rings (SSSR count). The van der Waals surface area contributed by atoms with E-state index in [0.717, 1.165) is 0 Å². The molecule has 0 unspecified atom stereocenters. The lowest BCUT2D eigenvalue weighted by molar-refractivity contribution is -0.136. The predicted molar refractivity (Wildman–Crippen MR) is 45.4 cm³/mol. The van der Waals surface area contributed by atoms with Crippen LogP contribution >= 0.6 is 0 Å². The number of carboxylic acid groups (broad SMARTS) is 1. The van der Waals surface area contributed by atoms with Crippen LogP contribution in [0.3, 0.4) is 0 Å². The van der Waals surface area contributed by atoms with Gasteiger partial charge in [-0.2, -0.15) is 0 Å². The number of ether oxygens (including phenoxy) is 1. The molecule has 0 radical (unpaired) electrons. The normalized spacial score (nSPS) is 10.2. The first-order valence-electron chi connectivity index (χ1n) is 3.93. The Morgan fingerprint density at radius 2 is 2.54 bits per heavy atom. The minimum atomic E-state index is -0.864. The maximum atomic E-state index is 10.3. The van der Waals surface area contributed by atoms with Gasteiger partial charge in [0.25, 0.3) is 0 Å². The summed E-state index contributed by atoms with van der Waals surface area (Å²) < 4.78 is 6.68. The summed E-state index contributed by atoms with van der Waals surface area (Å²) in [6.45, 7) is 1.30. The van der Waals surface area contributed by atoms with Crippen LogP contribution < -0.4 is 0 Å². The summed E-state index contributed by atoms with van der Waals surface area (Å²) in [5.41, 5.74) is 0.573. The van der Waals surface area contributed by atoms with E-state index in [0.29, 0.717) is 18.8 Å². The van der Waals surface area contributed by atoms with Gasteiger partial charge in [0.15, 0.2) is 0 Å². The molecule has 0 fully saturated rings. The highest BCUT2D eigenvalue weighted by Gasteiger charge is 2.03. The van der Waals surface area contributed by atoms with Crippen LogP contribution in [0.25, 0.3) is 0 Å². The molecule has 0 amide bonds. The average molecular weight is 184 g/mol. The molecule has 1 aromatic rings. The van der Waals surface area contributed by atoms with Crippen LogP contribution in [0.4, 0.5) is 0 Å². The van der Waals surface area contributed by atoms with Crippen molar-refractivity contribution in [3.63, 3.8) is 0 Å². The predicted octanol–water partition coefficient (Wildman–Crippen LogP) is 0.157. The van der Waals surface area contributed by atoms with Gasteiger partial charge in [-0.25, -0.2) is 4.98 Å². The van der Waals surface area contributed by atoms with Crippen LogP contribution in [0, 0.1) is 0 Å². The molecule has 5 heteroatoms. The van der Waals surface area contributed by atoms with Crippen molar-refractivity contribution in [2.75, 3.05) is 13.7 Å². The first-order chi connectivity index (χ1) is 6.22. The van der Waals surface area contributed by atoms with Gasteiger partial charge in [0, 0.05) is 19.9 Å². The highest BCUT2D eigenvalue weighted by molar-refractivity contribution is 5.69. The fourth-order valence-electron chi connectivity index (χ4n) is 0.972. The van der Waals surface area contributed by atoms with E-state index < -0.39 is 5.97 Å². The molecule has 0 saturated heterocycles. The fourth-order valence-corrected chi connectivity index (χ4v) is 0.972. The lowest BCUT2D eigenvalue weighted by Crippen LogP contribution is -2.02. The topological polar surface area (TPSA) is 64.4 Å². The minimum absolute atomic E-state index is 0.0278. The molecule has 1 heterocycles. The van der Waals surface area contributed by atoms with Crippen LogP contribution in [0.5, 0.6) is 0 Å². The van der Waals surface area contributed by atoms with Gasteiger partial charge in [-0.15, -0.1) is 0 Å². The molecule has 5 nitrogen and oxygen atoms in total. The molecule has 72 valence electrons. The second-order valence-electron chi connectivity index (χ2n) is 2.67. The van der Waals surface area contributed by atoms with E-state index in [1.165, 1.54) is 0 Å². The molecular weight excluding hydrogens is 172 g/mol. The van der Waals surface area contributed by atoms with Crippen LogP contribution in [0.2, 0.25) is 0 Å². The van der Waals surface area contributed by atoms with Gasteiger partial charge in [0.1, 0.15) is 0 Å². The third kappa shape index (κ3) is 3.25. The fraction of sp³-hybridized carbons (Fsp3) is 0.500. The van der Waals surface area contributed by atoms with E-state index in [9.17, 15) is 4.79 Å². The molecule has 0 aliphatic carbocycles. The Kier molecular flexibility index (Phi) is 3.45. The zero-order valence-electron chi connectivity index (χ0n) is 7.43. The number of aliphatic carboxylic acids is 1. The summed E-state index contributed by atoms with van der Waals surface area (Å²) >= 11 is 0. The molecule has 0 spiro atoms. The van der Waals surface area contributed by atoms with Crippen molar-refractivity contribution in [1.82, 2.24) is 9.55 Å². The Labute approximate surface area is 76.0 Å². The third-order valence-electron chi connectivity index (χ3n) is 1.57. The third-order valence-corrected chi connectivity index (χ3v) is 1.57. The van der Waals surface area contributed by atoms with Crippen molar-refractivity contribution in [2.45, 2.75) is 13.0 Å². The zero-order chi connectivity index (χ0) is 9.68. The van der Waals surface area contributed by atoms with E-state index in [4.69, 9.17) is 9.84 Å². The van der Waals surface area contributed by atoms with Crippen molar-refractivity contribution in [2.24, 2.45) is 0 Å². The Morgan fingerprint density at radius 3 is 3.15 bits per heavy atom. The first-order valence-corrected chi connectivity index (χ1v) is 3.93. The van der Waals surface area contributed by atoms with Crippen LogP contribution in [-0.4, -0.2) is 34.3 Å². The van der Waals surface area contributed by atoms with Crippen molar-refractivity contribution < 1.29 is 14.6 Å². The second kappa shape index (κ2) is 4.61. The smallest absolute Gasteiger partial charge is 0.309 e. The minimum Gasteiger partial charge on any atom is -0.481 e. The van der Waals surface area contributed by atoms with E-state index in [2.05, 4.69) is 4.98 Å². The molecule has 1 N–H and O–H groups in total. The number of methoxy groups -OCH3 is 1. The number of hydrogen-bond donors (Lipinski definition) is 1. The Bertz CT molecular complexity index is 283. The molecule has 0 aliphatic rings. The summed E-state index contributed by atoms with van der Waals surface area (Å²) in [7, 11) is 1.62. The SMILES string of the molecule is COCCn1cnc(CC(=O)O)c1. The largest absolute Gasteiger partial charge is 0.481 e. The zero-order valence-corrected chi connectivity index (χ0v) is 7.43. The molecule has 0 bridgehead atoms. The van der Waals surface area contributed by atoms with E-state index in [1.54, 1.807) is 19.6 Å². The molecule has 1 aromatic heterocycles. The van der Waals surface area contributed by atoms with Gasteiger partial charge in [0.05, 0.1) is 25.0 Å². The van der Waals surface area contributed by atoms with Gasteiger partial charge in [0.2, 0.25) is 0 Å². The summed E-state index contributed by atoms with van der Waals surface area (Å²) in [5.74, 6) is -0.864. The van der Waals surface area contributed by atoms with Crippen molar-refractivity contribution >= 4 is 5.97 Å². The monoisotopic (exact) mass is 184 g/mol. The Hall–Kier alpha value is -1.36. The summed E-state index contributed by atoms with van der Waals surface area (Å²) in [5, 5.41) is 8.48. The summed E-state index contributed by atoms with van der Waals surface area (Å²) in [6.07, 6.45) is 3.30. The van der Waals surface area contributed by atoms with E-state index in [1.807, 2.05) is 4.57 Å². The van der Waals surface area contributed by atoms with E-state index >= 15 is 0 Å². The maximum absolute atomic E-state index is 10.3. The second-order valence-corrected chi connectivity index (χ2v) is 2.67. The Balaban J connectivity index is 2.48. The standard InChI is InChI=1S/C8H12N2O3/c1-13-3-2-10-5-7(9-6-10)4-8(11)12/h5-6H,2-4H2,1H3,(H,11,12). The highest BCUT2D eigenvalue weighted by Crippen LogP contribution is 1.97. The van der Waals surface area contributed by atoms with Crippen LogP contribution in [0.15, 0.2) is 12.5 Å². The summed E-state index contributed by atoms with van der Waals surface area (Å²) in [4.78, 5) is 14.3. The van der Waals surface area contributed by atoms with Crippen molar-refractivity contribution in [3.05, 3.63) is 18.2 Å². The molecule has 0 aromatic carbocycles. The van der Waals surface area contributed by atoms with Gasteiger partial charge in [-0.1, -0.05) is 0 Å². The average Bonchev–Trinajstić information content (AvgIpc) is 2.48. The van der Waals surface area contributed by atoms with Crippen LogP contribution in [0.1, 0.15) is 5.69 Å². The Morgan fingerprint density at radius 1 is 1.77 bits per heavy atom. The number of carboxylic acids is 1. The molecule has 13 heavy (non-hydrogen) atoms. The molecular formula is C8H12N2O3. The lowest BCUT2D eigenvalue weighted by Gasteiger charge is -1.98. The van der Waals surface area contributed by atoms with Gasteiger partial charge in [-0.3, -0.25) is 4.79 Å². The number of carbonyl (C=O) groups is 1. The van der Waals surface area contributed by atoms with Gasteiger partial charge in [-0.05, 0) is 0 Å². The molecule has 0 aliphatic heterocycles. The quantitative estimate of drug-likeness (QED) is 0.707. The lowest BCUT2D eigenvalue weighted by atomic mass is 10.3. The maximum Gasteiger partial charge on any atom is 0.309 e. The number of imidazole rings is 1. The number of rotatable bonds is 5. The summed E-state index contributed by atoms with van der Waals surface area (Å²) in [6, 6.07) is 0. The highest BCUT2D eigenvalue weighted by atomic mass is 16.5. The van der Waals surface area contributed by atoms with Crippen molar-refractivity contribution in [3.8, 4) is 0 Å². The van der Waals surface area contributed by atoms with Gasteiger partial charge < -0.3 is 14.4 Å². The van der Waals surface area contributed by atoms with E-state index in [-0.39, 0.29) is 6.42 Å².